The smallest absolute Gasteiger partial charge is 0.242 e. The Morgan fingerprint density at radius 2 is 1.81 bits per heavy atom. The number of hydrogen-bond acceptors (Lipinski definition) is 3. The summed E-state index contributed by atoms with van der Waals surface area (Å²) in [5.74, 6) is 0.560. The lowest BCUT2D eigenvalue weighted by atomic mass is 10.1. The van der Waals surface area contributed by atoms with Gasteiger partial charge in [0.1, 0.15) is 11.8 Å². The molecule has 0 unspecified atom stereocenters. The molecule has 1 atom stereocenters. The van der Waals surface area contributed by atoms with Gasteiger partial charge < -0.3 is 15.0 Å². The fourth-order valence-electron chi connectivity index (χ4n) is 3.88. The van der Waals surface area contributed by atoms with Gasteiger partial charge in [0.2, 0.25) is 11.8 Å². The Kier molecular flexibility index (Phi) is 9.24. The van der Waals surface area contributed by atoms with Gasteiger partial charge in [-0.1, -0.05) is 60.3 Å². The molecule has 2 aromatic carbocycles. The minimum Gasteiger partial charge on any atom is -0.494 e. The van der Waals surface area contributed by atoms with Crippen molar-refractivity contribution in [1.29, 1.82) is 0 Å². The number of carbonyl (C=O) groups is 2. The van der Waals surface area contributed by atoms with Crippen molar-refractivity contribution in [2.45, 2.75) is 64.1 Å². The van der Waals surface area contributed by atoms with E-state index in [1.54, 1.807) is 24.0 Å². The maximum absolute atomic E-state index is 13.1. The molecule has 0 aliphatic heterocycles. The van der Waals surface area contributed by atoms with Crippen molar-refractivity contribution >= 4 is 35.0 Å². The molecule has 0 heterocycles. The van der Waals surface area contributed by atoms with Crippen molar-refractivity contribution in [1.82, 2.24) is 10.2 Å². The van der Waals surface area contributed by atoms with Crippen LogP contribution in [0.25, 0.3) is 0 Å². The van der Waals surface area contributed by atoms with Crippen molar-refractivity contribution in [3.05, 3.63) is 64.1 Å². The van der Waals surface area contributed by atoms with Gasteiger partial charge >= 0.3 is 0 Å². The second-order valence-electron chi connectivity index (χ2n) is 8.20. The van der Waals surface area contributed by atoms with Gasteiger partial charge in [-0.2, -0.15) is 0 Å². The molecule has 3 rings (SSSR count). The van der Waals surface area contributed by atoms with E-state index in [1.165, 1.54) is 0 Å². The predicted molar refractivity (Wildman–Crippen MR) is 128 cm³/mol. The molecule has 0 radical (unpaired) electrons. The highest BCUT2D eigenvalue weighted by Crippen LogP contribution is 2.24. The van der Waals surface area contributed by atoms with Gasteiger partial charge in [0.15, 0.2) is 0 Å². The van der Waals surface area contributed by atoms with E-state index in [0.717, 1.165) is 37.0 Å². The molecule has 1 N–H and O–H groups in total. The maximum Gasteiger partial charge on any atom is 0.242 e. The molecule has 2 aromatic rings. The number of nitrogens with zero attached hydrogens (tertiary/aromatic N) is 1. The van der Waals surface area contributed by atoms with Crippen LogP contribution in [0.1, 0.15) is 51.0 Å². The van der Waals surface area contributed by atoms with Crippen molar-refractivity contribution in [3.63, 3.8) is 0 Å². The Labute approximate surface area is 200 Å². The first-order chi connectivity index (χ1) is 15.4. The van der Waals surface area contributed by atoms with Crippen LogP contribution in [0.5, 0.6) is 5.75 Å². The quantitative estimate of drug-likeness (QED) is 0.452. The molecule has 5 nitrogen and oxygen atoms in total. The minimum atomic E-state index is -0.590. The lowest BCUT2D eigenvalue weighted by molar-refractivity contribution is -0.141. The number of ether oxygens (including phenoxy) is 1. The Morgan fingerprint density at radius 1 is 1.09 bits per heavy atom. The van der Waals surface area contributed by atoms with E-state index in [9.17, 15) is 9.59 Å². The predicted octanol–water partition coefficient (Wildman–Crippen LogP) is 5.63. The van der Waals surface area contributed by atoms with E-state index in [-0.39, 0.29) is 30.8 Å². The molecule has 1 aliphatic rings. The van der Waals surface area contributed by atoms with E-state index < -0.39 is 6.04 Å². The average molecular weight is 477 g/mol. The second kappa shape index (κ2) is 12.1. The van der Waals surface area contributed by atoms with E-state index in [1.807, 2.05) is 36.4 Å². The van der Waals surface area contributed by atoms with Crippen LogP contribution in [0, 0.1) is 0 Å². The Balaban J connectivity index is 1.63. The minimum absolute atomic E-state index is 0.0955. The highest BCUT2D eigenvalue weighted by molar-refractivity contribution is 6.42. The molecular weight excluding hydrogens is 447 g/mol. The third-order valence-corrected chi connectivity index (χ3v) is 6.49. The van der Waals surface area contributed by atoms with Gasteiger partial charge in [0, 0.05) is 19.0 Å². The molecule has 1 aliphatic carbocycles. The number of amides is 2. The summed E-state index contributed by atoms with van der Waals surface area (Å²) in [6.45, 7) is 2.49. The molecule has 1 saturated carbocycles. The number of nitrogens with one attached hydrogen (secondary N) is 1. The van der Waals surface area contributed by atoms with E-state index in [2.05, 4.69) is 5.32 Å². The summed E-state index contributed by atoms with van der Waals surface area (Å²) in [6.07, 6.45) is 5.10. The maximum atomic E-state index is 13.1. The van der Waals surface area contributed by atoms with E-state index >= 15 is 0 Å². The Bertz CT molecular complexity index is 901. The summed E-state index contributed by atoms with van der Waals surface area (Å²) in [7, 11) is 0. The Hall–Kier alpha value is -2.24. The standard InChI is InChI=1S/C25H30Cl2N2O3/c1-18(25(31)28-20-8-5-6-9-20)29(17-19-13-14-22(26)23(27)16-19)24(30)12-7-15-32-21-10-3-2-4-11-21/h2-4,10-11,13-14,16,18,20H,5-9,12,15,17H2,1H3,(H,28,31)/t18-/m1/s1. The molecule has 0 saturated heterocycles. The van der Waals surface area contributed by atoms with Crippen LogP contribution in [-0.2, 0) is 16.1 Å². The summed E-state index contributed by atoms with van der Waals surface area (Å²) >= 11 is 12.2. The number of halogens is 2. The number of carbonyl (C=O) groups excluding carboxylic acids is 2. The monoisotopic (exact) mass is 476 g/mol. The summed E-state index contributed by atoms with van der Waals surface area (Å²) in [5, 5.41) is 3.99. The topological polar surface area (TPSA) is 58.6 Å². The SMILES string of the molecule is C[C@H](C(=O)NC1CCCC1)N(Cc1ccc(Cl)c(Cl)c1)C(=O)CCCOc1ccccc1. The molecule has 0 aromatic heterocycles. The molecule has 1 fully saturated rings. The van der Waals surface area contributed by atoms with Crippen molar-refractivity contribution in [3.8, 4) is 5.75 Å². The first kappa shape index (κ1) is 24.4. The van der Waals surface area contributed by atoms with Crippen LogP contribution in [0.2, 0.25) is 10.0 Å². The first-order valence-corrected chi connectivity index (χ1v) is 11.9. The number of rotatable bonds is 10. The van der Waals surface area contributed by atoms with Crippen LogP contribution in [0.15, 0.2) is 48.5 Å². The third-order valence-electron chi connectivity index (χ3n) is 5.75. The lowest BCUT2D eigenvalue weighted by Crippen LogP contribution is -2.49. The van der Waals surface area contributed by atoms with Crippen molar-refractivity contribution < 1.29 is 14.3 Å². The van der Waals surface area contributed by atoms with Crippen molar-refractivity contribution in [2.75, 3.05) is 6.61 Å². The lowest BCUT2D eigenvalue weighted by Gasteiger charge is -2.30. The summed E-state index contributed by atoms with van der Waals surface area (Å²) < 4.78 is 5.70. The molecule has 7 heteroatoms. The highest BCUT2D eigenvalue weighted by Gasteiger charge is 2.28. The van der Waals surface area contributed by atoms with Gasteiger partial charge in [-0.25, -0.2) is 0 Å². The van der Waals surface area contributed by atoms with Crippen molar-refractivity contribution in [2.24, 2.45) is 0 Å². The van der Waals surface area contributed by atoms with Crippen LogP contribution in [0.3, 0.4) is 0 Å². The molecule has 0 bridgehead atoms. The molecule has 172 valence electrons. The molecule has 0 spiro atoms. The second-order valence-corrected chi connectivity index (χ2v) is 9.02. The molecule has 2 amide bonds. The van der Waals surface area contributed by atoms with Gasteiger partial charge in [0.05, 0.1) is 16.7 Å². The number of hydrogen-bond donors (Lipinski definition) is 1. The first-order valence-electron chi connectivity index (χ1n) is 11.2. The van der Waals surface area contributed by atoms with E-state index in [0.29, 0.717) is 23.1 Å². The largest absolute Gasteiger partial charge is 0.494 e. The van der Waals surface area contributed by atoms with Gasteiger partial charge in [-0.3, -0.25) is 9.59 Å². The van der Waals surface area contributed by atoms with Crippen LogP contribution in [0.4, 0.5) is 0 Å². The highest BCUT2D eigenvalue weighted by atomic mass is 35.5. The Morgan fingerprint density at radius 3 is 2.50 bits per heavy atom. The van der Waals surface area contributed by atoms with Crippen LogP contribution < -0.4 is 10.1 Å². The zero-order valence-electron chi connectivity index (χ0n) is 18.4. The molecule has 32 heavy (non-hydrogen) atoms. The van der Waals surface area contributed by atoms with E-state index in [4.69, 9.17) is 27.9 Å². The molecular formula is C25H30Cl2N2O3. The zero-order valence-corrected chi connectivity index (χ0v) is 19.9. The van der Waals surface area contributed by atoms with Crippen LogP contribution in [-0.4, -0.2) is 35.4 Å². The fourth-order valence-corrected chi connectivity index (χ4v) is 4.20. The van der Waals surface area contributed by atoms with Gasteiger partial charge in [-0.15, -0.1) is 0 Å². The number of para-hydroxylation sites is 1. The fraction of sp³-hybridized carbons (Fsp3) is 0.440. The summed E-state index contributed by atoms with van der Waals surface area (Å²) in [4.78, 5) is 27.6. The summed E-state index contributed by atoms with van der Waals surface area (Å²) in [5.41, 5.74) is 0.828. The normalized spacial score (nSPS) is 14.7. The third kappa shape index (κ3) is 7.14. The summed E-state index contributed by atoms with van der Waals surface area (Å²) in [6, 6.07) is 14.4. The van der Waals surface area contributed by atoms with Crippen LogP contribution >= 0.6 is 23.2 Å². The van der Waals surface area contributed by atoms with Gasteiger partial charge in [-0.05, 0) is 56.0 Å². The number of benzene rings is 2. The van der Waals surface area contributed by atoms with Gasteiger partial charge in [0.25, 0.3) is 0 Å². The average Bonchev–Trinajstić information content (AvgIpc) is 3.30. The zero-order chi connectivity index (χ0) is 22.9.